The van der Waals surface area contributed by atoms with E-state index in [2.05, 4.69) is 64.7 Å². The highest BCUT2D eigenvalue weighted by molar-refractivity contribution is 5.94. The van der Waals surface area contributed by atoms with Crippen molar-refractivity contribution in [1.82, 2.24) is 19.8 Å². The molecule has 4 aliphatic rings. The quantitative estimate of drug-likeness (QED) is 0.303. The van der Waals surface area contributed by atoms with Crippen molar-refractivity contribution in [3.63, 3.8) is 0 Å². The van der Waals surface area contributed by atoms with E-state index in [0.29, 0.717) is 43.7 Å². The molecule has 3 fully saturated rings. The number of piperazine rings is 1. The molecule has 1 amide bonds. The van der Waals surface area contributed by atoms with Crippen LogP contribution in [0.1, 0.15) is 43.2 Å². The summed E-state index contributed by atoms with van der Waals surface area (Å²) in [6.07, 6.45) is 8.64. The second-order valence-electron chi connectivity index (χ2n) is 12.4. The zero-order valence-corrected chi connectivity index (χ0v) is 24.4. The average Bonchev–Trinajstić information content (AvgIpc) is 3.54. The van der Waals surface area contributed by atoms with Crippen LogP contribution >= 0.6 is 0 Å². The fraction of sp³-hybridized carbons (Fsp3) is 0.471. The highest BCUT2D eigenvalue weighted by atomic mass is 16.5. The number of benzene rings is 2. The van der Waals surface area contributed by atoms with Crippen LogP contribution in [0.2, 0.25) is 0 Å². The number of fused-ring (bicyclic) bond motifs is 3. The van der Waals surface area contributed by atoms with Gasteiger partial charge in [-0.05, 0) is 98.0 Å². The van der Waals surface area contributed by atoms with Gasteiger partial charge in [-0.1, -0.05) is 30.8 Å². The molecule has 1 saturated carbocycles. The number of ether oxygens (including phenoxy) is 1. The molecule has 2 atom stereocenters. The first kappa shape index (κ1) is 26.9. The van der Waals surface area contributed by atoms with Gasteiger partial charge in [0.25, 0.3) is 0 Å². The summed E-state index contributed by atoms with van der Waals surface area (Å²) in [7, 11) is 2.15. The van der Waals surface area contributed by atoms with Crippen LogP contribution in [0.15, 0.2) is 49.1 Å². The van der Waals surface area contributed by atoms with E-state index < -0.39 is 0 Å². The fourth-order valence-electron chi connectivity index (χ4n) is 7.47. The van der Waals surface area contributed by atoms with Crippen molar-refractivity contribution in [2.24, 2.45) is 0 Å². The number of carbonyl (C=O) groups is 1. The summed E-state index contributed by atoms with van der Waals surface area (Å²) in [5, 5.41) is 0.961. The third-order valence-electron chi connectivity index (χ3n) is 9.99. The Balaban J connectivity index is 1.28. The summed E-state index contributed by atoms with van der Waals surface area (Å²) in [6, 6.07) is 13.8. The van der Waals surface area contributed by atoms with Crippen molar-refractivity contribution < 1.29 is 9.53 Å². The SMILES string of the molecule is [C-]#[N+]C[C@H]1CN(c2nc(OC[C@@H]3CCCN3C)nc3cc(-c4cccc5c4C4(CC5)CC4)ccc23)CCN1C(=O)C=C. The number of rotatable bonds is 7. The zero-order chi connectivity index (χ0) is 28.8. The number of hydrogen-bond donors (Lipinski definition) is 0. The third-order valence-corrected chi connectivity index (χ3v) is 9.99. The van der Waals surface area contributed by atoms with Gasteiger partial charge in [0.05, 0.1) is 5.52 Å². The van der Waals surface area contributed by atoms with Gasteiger partial charge < -0.3 is 24.3 Å². The fourth-order valence-corrected chi connectivity index (χ4v) is 7.47. The van der Waals surface area contributed by atoms with Crippen molar-refractivity contribution in [1.29, 1.82) is 0 Å². The molecule has 3 aromatic rings. The lowest BCUT2D eigenvalue weighted by Crippen LogP contribution is -2.56. The number of amides is 1. The van der Waals surface area contributed by atoms with E-state index in [4.69, 9.17) is 21.3 Å². The van der Waals surface area contributed by atoms with Crippen molar-refractivity contribution in [3.05, 3.63) is 71.6 Å². The monoisotopic (exact) mass is 562 g/mol. The van der Waals surface area contributed by atoms with Gasteiger partial charge in [0.15, 0.2) is 0 Å². The standard InChI is InChI=1S/C34H38N6O2/c1-4-30(41)40-18-17-39(21-26(40)20-35-2)32-28-11-10-24(27-9-5-7-23-12-13-34(14-15-34)31(23)27)19-29(28)36-33(37-32)42-22-25-8-6-16-38(25)3/h4-5,7,9-11,19,25-26H,1,6,8,12-18,20-22H2,3H3/t25-,26-/m0/s1. The first-order chi connectivity index (χ1) is 20.5. The van der Waals surface area contributed by atoms with Gasteiger partial charge in [-0.15, -0.1) is 0 Å². The molecular weight excluding hydrogens is 524 g/mol. The highest BCUT2D eigenvalue weighted by Gasteiger charge is 2.49. The number of anilines is 1. The van der Waals surface area contributed by atoms with Crippen molar-refractivity contribution in [2.45, 2.75) is 56.0 Å². The topological polar surface area (TPSA) is 66.2 Å². The summed E-state index contributed by atoms with van der Waals surface area (Å²) in [5.41, 5.74) is 6.79. The zero-order valence-electron chi connectivity index (χ0n) is 24.4. The first-order valence-corrected chi connectivity index (χ1v) is 15.3. The summed E-state index contributed by atoms with van der Waals surface area (Å²) >= 11 is 0. The van der Waals surface area contributed by atoms with E-state index in [1.54, 1.807) is 10.5 Å². The molecule has 8 nitrogen and oxygen atoms in total. The minimum Gasteiger partial charge on any atom is -0.462 e. The van der Waals surface area contributed by atoms with Gasteiger partial charge in [-0.2, -0.15) is 9.97 Å². The van der Waals surface area contributed by atoms with Crippen molar-refractivity contribution >= 4 is 22.6 Å². The number of carbonyl (C=O) groups excluding carboxylic acids is 1. The molecule has 2 aliphatic heterocycles. The Hall–Kier alpha value is -3.96. The van der Waals surface area contributed by atoms with Gasteiger partial charge in [-0.3, -0.25) is 4.79 Å². The van der Waals surface area contributed by atoms with E-state index in [0.717, 1.165) is 29.7 Å². The van der Waals surface area contributed by atoms with Gasteiger partial charge in [0, 0.05) is 31.1 Å². The molecule has 8 heteroatoms. The second kappa shape index (κ2) is 10.7. The lowest BCUT2D eigenvalue weighted by Gasteiger charge is -2.39. The Kier molecular flexibility index (Phi) is 6.86. The van der Waals surface area contributed by atoms with Crippen LogP contribution in [0.25, 0.3) is 26.9 Å². The van der Waals surface area contributed by atoms with Crippen LogP contribution in [0, 0.1) is 6.57 Å². The molecular formula is C34H38N6O2. The minimum absolute atomic E-state index is 0.131. The maximum Gasteiger partial charge on any atom is 0.319 e. The third kappa shape index (κ3) is 4.70. The van der Waals surface area contributed by atoms with Crippen LogP contribution in [0.3, 0.4) is 0 Å². The Morgan fingerprint density at radius 2 is 2.05 bits per heavy atom. The van der Waals surface area contributed by atoms with Gasteiger partial charge in [0.1, 0.15) is 18.5 Å². The Morgan fingerprint density at radius 3 is 2.81 bits per heavy atom. The lowest BCUT2D eigenvalue weighted by atomic mass is 9.89. The van der Waals surface area contributed by atoms with Crippen molar-refractivity contribution in [2.75, 3.05) is 51.3 Å². The number of aryl methyl sites for hydroxylation is 1. The smallest absolute Gasteiger partial charge is 0.319 e. The minimum atomic E-state index is -0.232. The molecule has 7 rings (SSSR count). The maximum absolute atomic E-state index is 12.5. The summed E-state index contributed by atoms with van der Waals surface area (Å²) in [6.45, 7) is 14.7. The molecule has 3 heterocycles. The molecule has 0 bridgehead atoms. The normalized spacial score (nSPS) is 22.8. The van der Waals surface area contributed by atoms with Gasteiger partial charge in [0.2, 0.25) is 12.5 Å². The van der Waals surface area contributed by atoms with Crippen LogP contribution in [-0.2, 0) is 16.6 Å². The molecule has 2 saturated heterocycles. The molecule has 1 aromatic heterocycles. The predicted octanol–water partition coefficient (Wildman–Crippen LogP) is 4.87. The molecule has 2 aliphatic carbocycles. The second-order valence-corrected chi connectivity index (χ2v) is 12.4. The summed E-state index contributed by atoms with van der Waals surface area (Å²) in [4.78, 5) is 32.4. The number of nitrogens with zero attached hydrogens (tertiary/aromatic N) is 6. The van der Waals surface area contributed by atoms with Crippen molar-refractivity contribution in [3.8, 4) is 17.1 Å². The predicted molar refractivity (Wildman–Crippen MR) is 165 cm³/mol. The Labute approximate surface area is 247 Å². The molecule has 42 heavy (non-hydrogen) atoms. The van der Waals surface area contributed by atoms with Crippen LogP contribution < -0.4 is 9.64 Å². The molecule has 1 spiro atoms. The van der Waals surface area contributed by atoms with E-state index in [9.17, 15) is 4.79 Å². The molecule has 0 radical (unpaired) electrons. The van der Waals surface area contributed by atoms with E-state index >= 15 is 0 Å². The highest BCUT2D eigenvalue weighted by Crippen LogP contribution is 2.59. The van der Waals surface area contributed by atoms with E-state index in [1.165, 1.54) is 54.9 Å². The Morgan fingerprint density at radius 1 is 1.17 bits per heavy atom. The largest absolute Gasteiger partial charge is 0.462 e. The summed E-state index contributed by atoms with van der Waals surface area (Å²) < 4.78 is 6.30. The molecule has 0 unspecified atom stereocenters. The van der Waals surface area contributed by atoms with Gasteiger partial charge >= 0.3 is 6.01 Å². The van der Waals surface area contributed by atoms with Crippen LogP contribution in [0.4, 0.5) is 5.82 Å². The van der Waals surface area contributed by atoms with E-state index in [1.807, 2.05) is 0 Å². The lowest BCUT2D eigenvalue weighted by molar-refractivity contribution is -0.128. The molecule has 2 aromatic carbocycles. The van der Waals surface area contributed by atoms with E-state index in [-0.39, 0.29) is 18.5 Å². The number of likely N-dealkylation sites (N-methyl/N-ethyl adjacent to an activating group) is 1. The van der Waals surface area contributed by atoms with Crippen LogP contribution in [-0.4, -0.2) is 84.1 Å². The van der Waals surface area contributed by atoms with Gasteiger partial charge in [-0.25, -0.2) is 6.57 Å². The number of hydrogen-bond acceptors (Lipinski definition) is 6. The Bertz CT molecular complexity index is 1590. The molecule has 0 N–H and O–H groups in total. The number of aromatic nitrogens is 2. The average molecular weight is 563 g/mol. The summed E-state index contributed by atoms with van der Waals surface area (Å²) in [5.74, 6) is 0.674. The van der Waals surface area contributed by atoms with Crippen LogP contribution in [0.5, 0.6) is 6.01 Å². The maximum atomic E-state index is 12.5. The number of likely N-dealkylation sites (tertiary alicyclic amines) is 1. The first-order valence-electron chi connectivity index (χ1n) is 15.3. The molecule has 216 valence electrons.